The van der Waals surface area contributed by atoms with Gasteiger partial charge in [-0.15, -0.1) is 0 Å². The van der Waals surface area contributed by atoms with Crippen molar-refractivity contribution in [3.63, 3.8) is 0 Å². The highest BCUT2D eigenvalue weighted by atomic mass is 32.2. The quantitative estimate of drug-likeness (QED) is 0.686. The minimum atomic E-state index is -3.71. The van der Waals surface area contributed by atoms with E-state index in [4.69, 9.17) is 0 Å². The maximum absolute atomic E-state index is 12.2. The molecule has 1 aromatic carbocycles. The van der Waals surface area contributed by atoms with Gasteiger partial charge in [-0.1, -0.05) is 17.7 Å². The van der Waals surface area contributed by atoms with E-state index >= 15 is 0 Å². The summed E-state index contributed by atoms with van der Waals surface area (Å²) in [7, 11) is -3.71. The normalized spacial score (nSPS) is 11.4. The molecule has 0 saturated heterocycles. The summed E-state index contributed by atoms with van der Waals surface area (Å²) in [6.07, 6.45) is 1.21. The second-order valence-corrected chi connectivity index (χ2v) is 5.74. The average molecular weight is 269 g/mol. The summed E-state index contributed by atoms with van der Waals surface area (Å²) in [6, 6.07) is 6.35. The summed E-state index contributed by atoms with van der Waals surface area (Å²) >= 11 is 0. The van der Waals surface area contributed by atoms with Crippen molar-refractivity contribution in [1.82, 2.24) is 4.31 Å². The van der Waals surface area contributed by atoms with Crippen LogP contribution in [0.1, 0.15) is 12.0 Å². The molecule has 0 bridgehead atoms. The van der Waals surface area contributed by atoms with Crippen molar-refractivity contribution in [2.75, 3.05) is 13.1 Å². The Bertz CT molecular complexity index is 507. The molecule has 0 aliphatic heterocycles. The summed E-state index contributed by atoms with van der Waals surface area (Å²) in [6.45, 7) is 1.62. The van der Waals surface area contributed by atoms with Crippen LogP contribution < -0.4 is 0 Å². The number of aldehydes is 2. The lowest BCUT2D eigenvalue weighted by atomic mass is 10.2. The van der Waals surface area contributed by atoms with Gasteiger partial charge >= 0.3 is 0 Å². The van der Waals surface area contributed by atoms with E-state index in [1.54, 1.807) is 12.1 Å². The average Bonchev–Trinajstić information content (AvgIpc) is 2.35. The van der Waals surface area contributed by atoms with Crippen molar-refractivity contribution in [2.45, 2.75) is 18.2 Å². The van der Waals surface area contributed by atoms with E-state index in [-0.39, 0.29) is 24.4 Å². The zero-order valence-electron chi connectivity index (χ0n) is 10.1. The Labute approximate surface area is 106 Å². The number of nitrogens with zero attached hydrogens (tertiary/aromatic N) is 1. The van der Waals surface area contributed by atoms with Crippen molar-refractivity contribution < 1.29 is 18.0 Å². The summed E-state index contributed by atoms with van der Waals surface area (Å²) in [5, 5.41) is 0. The lowest BCUT2D eigenvalue weighted by Gasteiger charge is -2.18. The minimum Gasteiger partial charge on any atom is -0.303 e. The molecule has 0 amide bonds. The first-order valence-electron chi connectivity index (χ1n) is 5.46. The van der Waals surface area contributed by atoms with Gasteiger partial charge in [0.15, 0.2) is 0 Å². The lowest BCUT2D eigenvalue weighted by molar-refractivity contribution is -0.109. The van der Waals surface area contributed by atoms with Gasteiger partial charge < -0.3 is 9.59 Å². The standard InChI is InChI=1S/C12H15NO4S/c1-11-3-5-12(6-4-11)18(16,17)13(8-10-15)7-2-9-14/h3-6,9-10H,2,7-8H2,1H3. The summed E-state index contributed by atoms with van der Waals surface area (Å²) in [5.74, 6) is 0. The first-order valence-corrected chi connectivity index (χ1v) is 6.90. The second-order valence-electron chi connectivity index (χ2n) is 3.80. The summed E-state index contributed by atoms with van der Waals surface area (Å²) < 4.78 is 25.4. The van der Waals surface area contributed by atoms with E-state index in [2.05, 4.69) is 0 Å². The van der Waals surface area contributed by atoms with Crippen LogP contribution in [0.2, 0.25) is 0 Å². The largest absolute Gasteiger partial charge is 0.303 e. The molecule has 0 heterocycles. The molecule has 0 saturated carbocycles. The molecule has 18 heavy (non-hydrogen) atoms. The molecular weight excluding hydrogens is 254 g/mol. The van der Waals surface area contributed by atoms with Crippen LogP contribution in [0.25, 0.3) is 0 Å². The number of hydrogen-bond donors (Lipinski definition) is 0. The zero-order valence-corrected chi connectivity index (χ0v) is 10.9. The molecular formula is C12H15NO4S. The molecule has 0 fully saturated rings. The van der Waals surface area contributed by atoms with Gasteiger partial charge in [0.05, 0.1) is 11.4 Å². The van der Waals surface area contributed by atoms with E-state index in [1.807, 2.05) is 6.92 Å². The third kappa shape index (κ3) is 3.48. The van der Waals surface area contributed by atoms with Gasteiger partial charge in [-0.25, -0.2) is 8.42 Å². The molecule has 1 rings (SSSR count). The molecule has 0 radical (unpaired) electrons. The van der Waals surface area contributed by atoms with Crippen LogP contribution in [0.5, 0.6) is 0 Å². The van der Waals surface area contributed by atoms with E-state index in [9.17, 15) is 18.0 Å². The monoisotopic (exact) mass is 269 g/mol. The van der Waals surface area contributed by atoms with Gasteiger partial charge in [0, 0.05) is 13.0 Å². The fourth-order valence-corrected chi connectivity index (χ4v) is 2.83. The SMILES string of the molecule is Cc1ccc(S(=O)(=O)N(CC=O)CCC=O)cc1. The fourth-order valence-electron chi connectivity index (χ4n) is 1.45. The van der Waals surface area contributed by atoms with Crippen LogP contribution in [-0.4, -0.2) is 38.4 Å². The number of rotatable bonds is 7. The van der Waals surface area contributed by atoms with Crippen molar-refractivity contribution in [2.24, 2.45) is 0 Å². The third-order valence-corrected chi connectivity index (χ3v) is 4.31. The number of aryl methyl sites for hydroxylation is 1. The van der Waals surface area contributed by atoms with Crippen LogP contribution >= 0.6 is 0 Å². The number of benzene rings is 1. The van der Waals surface area contributed by atoms with Crippen LogP contribution in [0.15, 0.2) is 29.2 Å². The van der Waals surface area contributed by atoms with E-state index in [1.165, 1.54) is 12.1 Å². The molecule has 0 aliphatic rings. The summed E-state index contributed by atoms with van der Waals surface area (Å²) in [5.41, 5.74) is 0.948. The Morgan fingerprint density at radius 2 is 1.72 bits per heavy atom. The molecule has 98 valence electrons. The van der Waals surface area contributed by atoms with Gasteiger partial charge in [-0.05, 0) is 19.1 Å². The maximum Gasteiger partial charge on any atom is 0.243 e. The Hall–Kier alpha value is -1.53. The van der Waals surface area contributed by atoms with Gasteiger partial charge in [0.1, 0.15) is 12.6 Å². The molecule has 0 atom stereocenters. The predicted molar refractivity (Wildman–Crippen MR) is 66.7 cm³/mol. The number of carbonyl (C=O) groups excluding carboxylic acids is 2. The van der Waals surface area contributed by atoms with Gasteiger partial charge in [-0.2, -0.15) is 4.31 Å². The Kier molecular flexibility index (Phi) is 5.18. The Morgan fingerprint density at radius 1 is 1.11 bits per heavy atom. The molecule has 0 unspecified atom stereocenters. The van der Waals surface area contributed by atoms with Crippen LogP contribution in [0.4, 0.5) is 0 Å². The lowest BCUT2D eigenvalue weighted by Crippen LogP contribution is -2.33. The van der Waals surface area contributed by atoms with Crippen molar-refractivity contribution in [3.05, 3.63) is 29.8 Å². The summed E-state index contributed by atoms with van der Waals surface area (Å²) in [4.78, 5) is 21.0. The first kappa shape index (κ1) is 14.5. The molecule has 1 aromatic rings. The third-order valence-electron chi connectivity index (χ3n) is 2.43. The van der Waals surface area contributed by atoms with Crippen LogP contribution in [-0.2, 0) is 19.6 Å². The number of sulfonamides is 1. The molecule has 5 nitrogen and oxygen atoms in total. The number of carbonyl (C=O) groups is 2. The van der Waals surface area contributed by atoms with E-state index < -0.39 is 10.0 Å². The maximum atomic E-state index is 12.2. The second kappa shape index (κ2) is 6.42. The molecule has 0 spiro atoms. The highest BCUT2D eigenvalue weighted by molar-refractivity contribution is 7.89. The molecule has 0 N–H and O–H groups in total. The zero-order chi connectivity index (χ0) is 13.6. The number of hydrogen-bond acceptors (Lipinski definition) is 4. The minimum absolute atomic E-state index is 0.0124. The Balaban J connectivity index is 3.03. The predicted octanol–water partition coefficient (Wildman–Crippen LogP) is 0.774. The topological polar surface area (TPSA) is 71.5 Å². The Morgan fingerprint density at radius 3 is 2.22 bits per heavy atom. The van der Waals surface area contributed by atoms with Crippen molar-refractivity contribution in [3.8, 4) is 0 Å². The molecule has 6 heteroatoms. The van der Waals surface area contributed by atoms with Gasteiger partial charge in [0.2, 0.25) is 10.0 Å². The highest BCUT2D eigenvalue weighted by Crippen LogP contribution is 2.15. The molecule has 0 aliphatic carbocycles. The van der Waals surface area contributed by atoms with Crippen LogP contribution in [0, 0.1) is 6.92 Å². The van der Waals surface area contributed by atoms with Crippen LogP contribution in [0.3, 0.4) is 0 Å². The first-order chi connectivity index (χ1) is 8.52. The fraction of sp³-hybridized carbons (Fsp3) is 0.333. The van der Waals surface area contributed by atoms with Crippen molar-refractivity contribution >= 4 is 22.6 Å². The molecule has 0 aromatic heterocycles. The van der Waals surface area contributed by atoms with Gasteiger partial charge in [-0.3, -0.25) is 0 Å². The van der Waals surface area contributed by atoms with E-state index in [0.717, 1.165) is 9.87 Å². The smallest absolute Gasteiger partial charge is 0.243 e. The van der Waals surface area contributed by atoms with Gasteiger partial charge in [0.25, 0.3) is 0 Å². The highest BCUT2D eigenvalue weighted by Gasteiger charge is 2.23. The van der Waals surface area contributed by atoms with Crippen molar-refractivity contribution in [1.29, 1.82) is 0 Å². The van der Waals surface area contributed by atoms with E-state index in [0.29, 0.717) is 12.6 Å².